The van der Waals surface area contributed by atoms with Crippen LogP contribution in [0.4, 0.5) is 5.69 Å². The first-order valence-corrected chi connectivity index (χ1v) is 7.31. The van der Waals surface area contributed by atoms with Crippen molar-refractivity contribution in [2.75, 3.05) is 6.54 Å². The molecule has 0 amide bonds. The van der Waals surface area contributed by atoms with E-state index in [1.807, 2.05) is 25.1 Å². The Morgan fingerprint density at radius 2 is 2.10 bits per heavy atom. The van der Waals surface area contributed by atoms with Gasteiger partial charge in [0.15, 0.2) is 0 Å². The third-order valence-electron chi connectivity index (χ3n) is 2.85. The van der Waals surface area contributed by atoms with Gasteiger partial charge >= 0.3 is 0 Å². The zero-order valence-electron chi connectivity index (χ0n) is 11.5. The number of nitrogens with zero attached hydrogens (tertiary/aromatic N) is 1. The monoisotopic (exact) mass is 350 g/mol. The maximum Gasteiger partial charge on any atom is 0.273 e. The van der Waals surface area contributed by atoms with Crippen LogP contribution in [0.25, 0.3) is 0 Å². The number of nitrogens with one attached hydrogen (secondary N) is 1. The van der Waals surface area contributed by atoms with E-state index in [1.54, 1.807) is 12.1 Å². The minimum absolute atomic E-state index is 0.00994. The first kappa shape index (κ1) is 15.5. The highest BCUT2D eigenvalue weighted by molar-refractivity contribution is 9.10. The first-order valence-electron chi connectivity index (χ1n) is 6.51. The molecule has 6 heteroatoms. The molecule has 0 spiro atoms. The number of rotatable bonds is 6. The number of nitro groups is 1. The van der Waals surface area contributed by atoms with Gasteiger partial charge in [0.2, 0.25) is 0 Å². The van der Waals surface area contributed by atoms with Crippen LogP contribution in [0.3, 0.4) is 0 Å². The maximum absolute atomic E-state index is 10.8. The molecule has 2 aromatic carbocycles. The summed E-state index contributed by atoms with van der Waals surface area (Å²) in [6, 6.07) is 11.9. The Hall–Kier alpha value is -1.92. The molecular weight excluding hydrogens is 336 g/mol. The van der Waals surface area contributed by atoms with Crippen molar-refractivity contribution in [3.63, 3.8) is 0 Å². The lowest BCUT2D eigenvalue weighted by Crippen LogP contribution is -2.12. The lowest BCUT2D eigenvalue weighted by Gasteiger charge is -2.12. The highest BCUT2D eigenvalue weighted by Gasteiger charge is 2.10. The van der Waals surface area contributed by atoms with Crippen molar-refractivity contribution in [2.24, 2.45) is 0 Å². The molecule has 1 N–H and O–H groups in total. The van der Waals surface area contributed by atoms with Crippen molar-refractivity contribution in [1.82, 2.24) is 5.32 Å². The molecule has 0 aliphatic heterocycles. The molecular formula is C15H15BrN2O3. The van der Waals surface area contributed by atoms with Gasteiger partial charge < -0.3 is 10.1 Å². The van der Waals surface area contributed by atoms with Gasteiger partial charge in [0.1, 0.15) is 11.5 Å². The van der Waals surface area contributed by atoms with Crippen LogP contribution in [0.2, 0.25) is 0 Å². The van der Waals surface area contributed by atoms with E-state index >= 15 is 0 Å². The second kappa shape index (κ2) is 7.19. The summed E-state index contributed by atoms with van der Waals surface area (Å²) < 4.78 is 6.70. The molecule has 0 aliphatic rings. The molecule has 2 aromatic rings. The Balaban J connectivity index is 2.27. The van der Waals surface area contributed by atoms with Crippen molar-refractivity contribution in [1.29, 1.82) is 0 Å². The molecule has 21 heavy (non-hydrogen) atoms. The van der Waals surface area contributed by atoms with Crippen molar-refractivity contribution in [3.8, 4) is 11.5 Å². The fourth-order valence-corrected chi connectivity index (χ4v) is 2.16. The maximum atomic E-state index is 10.8. The van der Waals surface area contributed by atoms with E-state index in [0.717, 1.165) is 16.6 Å². The van der Waals surface area contributed by atoms with Crippen molar-refractivity contribution in [2.45, 2.75) is 13.5 Å². The van der Waals surface area contributed by atoms with Crippen LogP contribution in [-0.4, -0.2) is 11.5 Å². The van der Waals surface area contributed by atoms with Gasteiger partial charge in [0.05, 0.1) is 11.0 Å². The normalized spacial score (nSPS) is 10.4. The molecule has 0 radical (unpaired) electrons. The van der Waals surface area contributed by atoms with Gasteiger partial charge in [-0.25, -0.2) is 0 Å². The average Bonchev–Trinajstić information content (AvgIpc) is 2.47. The number of hydrogen-bond donors (Lipinski definition) is 1. The standard InChI is InChI=1S/C15H15BrN2O3/c1-2-17-10-11-6-7-12(16)8-15(11)21-14-5-3-4-13(9-14)18(19)20/h3-9,17H,2,10H2,1H3. The zero-order chi connectivity index (χ0) is 15.2. The Morgan fingerprint density at radius 1 is 1.29 bits per heavy atom. The van der Waals surface area contributed by atoms with E-state index in [0.29, 0.717) is 18.0 Å². The van der Waals surface area contributed by atoms with Crippen LogP contribution in [0.15, 0.2) is 46.9 Å². The molecule has 0 aliphatic carbocycles. The highest BCUT2D eigenvalue weighted by atomic mass is 79.9. The van der Waals surface area contributed by atoms with Gasteiger partial charge in [-0.1, -0.05) is 35.0 Å². The molecule has 0 saturated heterocycles. The first-order chi connectivity index (χ1) is 10.1. The number of non-ortho nitro benzene ring substituents is 1. The SMILES string of the molecule is CCNCc1ccc(Br)cc1Oc1cccc([N+](=O)[O-])c1. The van der Waals surface area contributed by atoms with Crippen LogP contribution >= 0.6 is 15.9 Å². The van der Waals surface area contributed by atoms with Gasteiger partial charge in [-0.15, -0.1) is 0 Å². The van der Waals surface area contributed by atoms with Gasteiger partial charge in [-0.05, 0) is 24.7 Å². The predicted molar refractivity (Wildman–Crippen MR) is 84.7 cm³/mol. The Morgan fingerprint density at radius 3 is 2.81 bits per heavy atom. The Labute approximate surface area is 131 Å². The summed E-state index contributed by atoms with van der Waals surface area (Å²) in [4.78, 5) is 10.4. The van der Waals surface area contributed by atoms with Crippen molar-refractivity contribution >= 4 is 21.6 Å². The van der Waals surface area contributed by atoms with Crippen LogP contribution in [0.1, 0.15) is 12.5 Å². The van der Waals surface area contributed by atoms with E-state index < -0.39 is 4.92 Å². The van der Waals surface area contributed by atoms with E-state index in [-0.39, 0.29) is 5.69 Å². The van der Waals surface area contributed by atoms with E-state index in [1.165, 1.54) is 12.1 Å². The second-order valence-electron chi connectivity index (χ2n) is 4.39. The van der Waals surface area contributed by atoms with Gasteiger partial charge in [0.25, 0.3) is 5.69 Å². The van der Waals surface area contributed by atoms with E-state index in [4.69, 9.17) is 4.74 Å². The summed E-state index contributed by atoms with van der Waals surface area (Å²) in [5.74, 6) is 1.12. The van der Waals surface area contributed by atoms with Crippen molar-refractivity contribution < 1.29 is 9.66 Å². The summed E-state index contributed by atoms with van der Waals surface area (Å²) >= 11 is 3.41. The van der Waals surface area contributed by atoms with E-state index in [9.17, 15) is 10.1 Å². The van der Waals surface area contributed by atoms with Crippen molar-refractivity contribution in [3.05, 3.63) is 62.6 Å². The van der Waals surface area contributed by atoms with E-state index in [2.05, 4.69) is 21.2 Å². The third-order valence-corrected chi connectivity index (χ3v) is 3.34. The fraction of sp³-hybridized carbons (Fsp3) is 0.200. The molecule has 2 rings (SSSR count). The Kier molecular flexibility index (Phi) is 5.30. The molecule has 0 saturated carbocycles. The van der Waals surface area contributed by atoms with Crippen LogP contribution in [0.5, 0.6) is 11.5 Å². The van der Waals surface area contributed by atoms with Gasteiger partial charge in [-0.3, -0.25) is 10.1 Å². The molecule has 5 nitrogen and oxygen atoms in total. The molecule has 0 aromatic heterocycles. The molecule has 0 heterocycles. The van der Waals surface area contributed by atoms with Crippen LogP contribution in [0, 0.1) is 10.1 Å². The second-order valence-corrected chi connectivity index (χ2v) is 5.30. The summed E-state index contributed by atoms with van der Waals surface area (Å²) in [6.45, 7) is 3.56. The lowest BCUT2D eigenvalue weighted by atomic mass is 10.2. The quantitative estimate of drug-likeness (QED) is 0.624. The number of nitro benzene ring substituents is 1. The Bertz CT molecular complexity index is 647. The summed E-state index contributed by atoms with van der Waals surface area (Å²) in [5, 5.41) is 14.0. The molecule has 0 bridgehead atoms. The van der Waals surface area contributed by atoms with Gasteiger partial charge in [0, 0.05) is 22.6 Å². The number of ether oxygens (including phenoxy) is 1. The van der Waals surface area contributed by atoms with Crippen LogP contribution in [-0.2, 0) is 6.54 Å². The minimum atomic E-state index is -0.437. The van der Waals surface area contributed by atoms with Crippen LogP contribution < -0.4 is 10.1 Å². The van der Waals surface area contributed by atoms with Gasteiger partial charge in [-0.2, -0.15) is 0 Å². The predicted octanol–water partition coefficient (Wildman–Crippen LogP) is 4.26. The fourth-order valence-electron chi connectivity index (χ4n) is 1.82. The summed E-state index contributed by atoms with van der Waals surface area (Å²) in [6.07, 6.45) is 0. The summed E-state index contributed by atoms with van der Waals surface area (Å²) in [5.41, 5.74) is 1.00. The highest BCUT2D eigenvalue weighted by Crippen LogP contribution is 2.30. The zero-order valence-corrected chi connectivity index (χ0v) is 13.1. The lowest BCUT2D eigenvalue weighted by molar-refractivity contribution is -0.384. The molecule has 110 valence electrons. The molecule has 0 unspecified atom stereocenters. The minimum Gasteiger partial charge on any atom is -0.457 e. The smallest absolute Gasteiger partial charge is 0.273 e. The third kappa shape index (κ3) is 4.27. The number of halogens is 1. The molecule has 0 fully saturated rings. The summed E-state index contributed by atoms with van der Waals surface area (Å²) in [7, 11) is 0. The topological polar surface area (TPSA) is 64.4 Å². The molecule has 0 atom stereocenters. The number of benzene rings is 2. The number of hydrogen-bond acceptors (Lipinski definition) is 4. The average molecular weight is 351 g/mol. The largest absolute Gasteiger partial charge is 0.457 e.